The summed E-state index contributed by atoms with van der Waals surface area (Å²) in [4.78, 5) is 10.6. The molecule has 0 saturated carbocycles. The number of hydrogen-bond acceptors (Lipinski definition) is 4. The van der Waals surface area contributed by atoms with E-state index in [1.807, 2.05) is 0 Å². The van der Waals surface area contributed by atoms with E-state index < -0.39 is 23.9 Å². The van der Waals surface area contributed by atoms with Crippen LogP contribution in [0.5, 0.6) is 0 Å². The van der Waals surface area contributed by atoms with Gasteiger partial charge >= 0.3 is 0 Å². The van der Waals surface area contributed by atoms with Crippen LogP contribution >= 0.6 is 0 Å². The molecule has 2 atom stereocenters. The van der Waals surface area contributed by atoms with Gasteiger partial charge in [-0.05, 0) is 6.07 Å². The lowest BCUT2D eigenvalue weighted by molar-refractivity contribution is -0.132. The van der Waals surface area contributed by atoms with E-state index in [9.17, 15) is 14.3 Å². The highest BCUT2D eigenvalue weighted by Gasteiger charge is 2.26. The molecule has 2 unspecified atom stereocenters. The first-order chi connectivity index (χ1) is 7.49. The van der Waals surface area contributed by atoms with Crippen LogP contribution in [-0.4, -0.2) is 22.2 Å². The van der Waals surface area contributed by atoms with Gasteiger partial charge in [0.05, 0.1) is 5.56 Å². The molecule has 84 valence electrons. The van der Waals surface area contributed by atoms with Gasteiger partial charge in [-0.25, -0.2) is 4.39 Å². The molecule has 1 aromatic rings. The zero-order valence-corrected chi connectivity index (χ0v) is 8.09. The van der Waals surface area contributed by atoms with Crippen molar-refractivity contribution in [1.82, 2.24) is 0 Å². The summed E-state index contributed by atoms with van der Waals surface area (Å²) in [7, 11) is 0. The van der Waals surface area contributed by atoms with E-state index in [4.69, 9.17) is 16.1 Å². The number of nitrogens with zero attached hydrogens (tertiary/aromatic N) is 1. The summed E-state index contributed by atoms with van der Waals surface area (Å²) in [6.45, 7) is 0. The predicted octanol–water partition coefficient (Wildman–Crippen LogP) is -0.423. The Labute approximate surface area is 90.5 Å². The number of aliphatic hydroxyl groups is 2. The third kappa shape index (κ3) is 2.16. The van der Waals surface area contributed by atoms with E-state index in [1.54, 1.807) is 6.07 Å². The molecule has 0 heterocycles. The molecule has 0 radical (unpaired) electrons. The van der Waals surface area contributed by atoms with E-state index in [1.165, 1.54) is 12.1 Å². The minimum absolute atomic E-state index is 0.284. The second-order valence-corrected chi connectivity index (χ2v) is 3.11. The molecule has 0 fully saturated rings. The van der Waals surface area contributed by atoms with Gasteiger partial charge in [0, 0.05) is 5.56 Å². The summed E-state index contributed by atoms with van der Waals surface area (Å²) in [6, 6.07) is 5.27. The van der Waals surface area contributed by atoms with Crippen LogP contribution in [0.25, 0.3) is 0 Å². The summed E-state index contributed by atoms with van der Waals surface area (Å²) in [6.07, 6.45) is -3.70. The van der Waals surface area contributed by atoms with E-state index in [2.05, 4.69) is 0 Å². The molecule has 4 N–H and O–H groups in total. The summed E-state index contributed by atoms with van der Waals surface area (Å²) in [5.41, 5.74) is 4.13. The van der Waals surface area contributed by atoms with E-state index in [-0.39, 0.29) is 11.1 Å². The number of carbonyl (C=O) groups is 1. The molecular formula is C10H9FN2O3. The largest absolute Gasteiger partial charge is 0.385 e. The number of rotatable bonds is 3. The molecule has 0 spiro atoms. The monoisotopic (exact) mass is 224 g/mol. The predicted molar refractivity (Wildman–Crippen MR) is 51.3 cm³/mol. The maximum absolute atomic E-state index is 13.5. The van der Waals surface area contributed by atoms with Crippen molar-refractivity contribution in [2.75, 3.05) is 0 Å². The Kier molecular flexibility index (Phi) is 3.55. The molecule has 0 saturated heterocycles. The van der Waals surface area contributed by atoms with E-state index in [0.29, 0.717) is 0 Å². The number of amides is 1. The van der Waals surface area contributed by atoms with Gasteiger partial charge in [-0.2, -0.15) is 5.26 Å². The highest BCUT2D eigenvalue weighted by Crippen LogP contribution is 2.22. The fraction of sp³-hybridized carbons (Fsp3) is 0.200. The van der Waals surface area contributed by atoms with Gasteiger partial charge in [0.2, 0.25) is 5.91 Å². The zero-order chi connectivity index (χ0) is 12.3. The van der Waals surface area contributed by atoms with Crippen LogP contribution in [-0.2, 0) is 4.79 Å². The van der Waals surface area contributed by atoms with Crippen LogP contribution in [0.3, 0.4) is 0 Å². The molecule has 0 aliphatic carbocycles. The number of carbonyl (C=O) groups excluding carboxylic acids is 1. The van der Waals surface area contributed by atoms with E-state index >= 15 is 0 Å². The van der Waals surface area contributed by atoms with Gasteiger partial charge in [-0.15, -0.1) is 0 Å². The Balaban J connectivity index is 3.15. The van der Waals surface area contributed by atoms with Crippen molar-refractivity contribution in [2.24, 2.45) is 5.73 Å². The topological polar surface area (TPSA) is 107 Å². The molecule has 0 aliphatic rings. The number of benzene rings is 1. The SMILES string of the molecule is N#Cc1cccc(C(O)C(O)C(N)=O)c1F. The molecule has 6 heteroatoms. The maximum atomic E-state index is 13.5. The van der Waals surface area contributed by atoms with Crippen LogP contribution in [0.15, 0.2) is 18.2 Å². The lowest BCUT2D eigenvalue weighted by atomic mass is 10.0. The Hall–Kier alpha value is -1.97. The van der Waals surface area contributed by atoms with Crippen LogP contribution in [0.2, 0.25) is 0 Å². The first kappa shape index (κ1) is 12.1. The molecular weight excluding hydrogens is 215 g/mol. The van der Waals surface area contributed by atoms with Crippen molar-refractivity contribution in [3.8, 4) is 6.07 Å². The number of primary amides is 1. The van der Waals surface area contributed by atoms with Crippen molar-refractivity contribution >= 4 is 5.91 Å². The fourth-order valence-corrected chi connectivity index (χ4v) is 1.19. The molecule has 0 aliphatic heterocycles. The second-order valence-electron chi connectivity index (χ2n) is 3.11. The summed E-state index contributed by atoms with van der Waals surface area (Å²) >= 11 is 0. The zero-order valence-electron chi connectivity index (χ0n) is 8.09. The number of hydrogen-bond donors (Lipinski definition) is 3. The third-order valence-electron chi connectivity index (χ3n) is 2.06. The first-order valence-electron chi connectivity index (χ1n) is 4.33. The van der Waals surface area contributed by atoms with Crippen molar-refractivity contribution in [3.05, 3.63) is 35.1 Å². The molecule has 5 nitrogen and oxygen atoms in total. The van der Waals surface area contributed by atoms with Crippen LogP contribution in [0.1, 0.15) is 17.2 Å². The van der Waals surface area contributed by atoms with Gasteiger partial charge in [0.15, 0.2) is 6.10 Å². The normalized spacial score (nSPS) is 13.9. The fourth-order valence-electron chi connectivity index (χ4n) is 1.19. The minimum atomic E-state index is -1.91. The molecule has 0 bridgehead atoms. The highest BCUT2D eigenvalue weighted by atomic mass is 19.1. The van der Waals surface area contributed by atoms with E-state index in [0.717, 1.165) is 6.07 Å². The molecule has 1 aromatic carbocycles. The average Bonchev–Trinajstić information content (AvgIpc) is 2.27. The molecule has 0 aromatic heterocycles. The van der Waals surface area contributed by atoms with Gasteiger partial charge in [0.25, 0.3) is 0 Å². The maximum Gasteiger partial charge on any atom is 0.249 e. The standard InChI is InChI=1S/C10H9FN2O3/c11-7-5(4-12)2-1-3-6(7)8(14)9(15)10(13)16/h1-3,8-9,14-15H,(H2,13,16). The van der Waals surface area contributed by atoms with Crippen LogP contribution in [0.4, 0.5) is 4.39 Å². The van der Waals surface area contributed by atoms with Crippen LogP contribution in [0, 0.1) is 17.1 Å². The van der Waals surface area contributed by atoms with Gasteiger partial charge in [-0.1, -0.05) is 12.1 Å². The number of halogens is 1. The Morgan fingerprint density at radius 2 is 2.12 bits per heavy atom. The van der Waals surface area contributed by atoms with Crippen molar-refractivity contribution in [3.63, 3.8) is 0 Å². The van der Waals surface area contributed by atoms with Gasteiger partial charge in [-0.3, -0.25) is 4.79 Å². The van der Waals surface area contributed by atoms with Crippen molar-refractivity contribution in [1.29, 1.82) is 5.26 Å². The highest BCUT2D eigenvalue weighted by molar-refractivity contribution is 5.79. The quantitative estimate of drug-likeness (QED) is 0.647. The average molecular weight is 224 g/mol. The lowest BCUT2D eigenvalue weighted by Gasteiger charge is -2.15. The lowest BCUT2D eigenvalue weighted by Crippen LogP contribution is -2.34. The molecule has 1 rings (SSSR count). The van der Waals surface area contributed by atoms with Crippen LogP contribution < -0.4 is 5.73 Å². The van der Waals surface area contributed by atoms with Crippen molar-refractivity contribution in [2.45, 2.75) is 12.2 Å². The Morgan fingerprint density at radius 1 is 1.50 bits per heavy atom. The molecule has 1 amide bonds. The Morgan fingerprint density at radius 3 is 2.62 bits per heavy atom. The van der Waals surface area contributed by atoms with Crippen molar-refractivity contribution < 1.29 is 19.4 Å². The van der Waals surface area contributed by atoms with Gasteiger partial charge in [0.1, 0.15) is 18.0 Å². The molecule has 16 heavy (non-hydrogen) atoms. The first-order valence-corrected chi connectivity index (χ1v) is 4.33. The third-order valence-corrected chi connectivity index (χ3v) is 2.06. The number of nitriles is 1. The smallest absolute Gasteiger partial charge is 0.249 e. The van der Waals surface area contributed by atoms with Gasteiger partial charge < -0.3 is 15.9 Å². The number of nitrogens with two attached hydrogens (primary N) is 1. The Bertz CT molecular complexity index is 456. The second kappa shape index (κ2) is 4.70. The summed E-state index contributed by atoms with van der Waals surface area (Å²) in [5.74, 6) is -2.15. The summed E-state index contributed by atoms with van der Waals surface area (Å²) in [5, 5.41) is 27.2. The summed E-state index contributed by atoms with van der Waals surface area (Å²) < 4.78 is 13.5. The minimum Gasteiger partial charge on any atom is -0.385 e. The number of aliphatic hydroxyl groups excluding tert-OH is 2.